The summed E-state index contributed by atoms with van der Waals surface area (Å²) in [7, 11) is 0. The van der Waals surface area contributed by atoms with Crippen LogP contribution in [0.3, 0.4) is 0 Å². The van der Waals surface area contributed by atoms with Crippen molar-refractivity contribution >= 4 is 11.7 Å². The van der Waals surface area contributed by atoms with Crippen molar-refractivity contribution in [3.05, 3.63) is 23.8 Å². The van der Waals surface area contributed by atoms with Gasteiger partial charge in [-0.1, -0.05) is 0 Å². The number of Topliss-reactive ketones (excluding diaryl/α,β-unsaturated/α-hetero) is 1. The van der Waals surface area contributed by atoms with Crippen molar-refractivity contribution in [2.24, 2.45) is 0 Å². The molecule has 0 unspecified atom stereocenters. The molecule has 0 atom stereocenters. The molecule has 1 aliphatic carbocycles. The number of amides is 1. The number of hydrogen-bond acceptors (Lipinski definition) is 4. The average molecular weight is 205 g/mol. The third-order valence-corrected chi connectivity index (χ3v) is 2.16. The molecule has 1 heterocycles. The molecule has 1 saturated carbocycles. The second-order valence-electron chi connectivity index (χ2n) is 3.56. The quantitative estimate of drug-likeness (QED) is 0.732. The zero-order valence-electron chi connectivity index (χ0n) is 8.36. The van der Waals surface area contributed by atoms with Crippen molar-refractivity contribution in [3.63, 3.8) is 0 Å². The van der Waals surface area contributed by atoms with E-state index in [1.165, 1.54) is 19.3 Å². The fourth-order valence-corrected chi connectivity index (χ4v) is 1.24. The lowest BCUT2D eigenvalue weighted by Gasteiger charge is -2.04. The smallest absolute Gasteiger partial charge is 0.272 e. The Morgan fingerprint density at radius 2 is 1.87 bits per heavy atom. The van der Waals surface area contributed by atoms with Crippen LogP contribution in [0.15, 0.2) is 12.4 Å². The first-order chi connectivity index (χ1) is 7.18. The van der Waals surface area contributed by atoms with Gasteiger partial charge in [0.2, 0.25) is 0 Å². The van der Waals surface area contributed by atoms with Gasteiger partial charge in [0.25, 0.3) is 5.91 Å². The number of ketones is 1. The summed E-state index contributed by atoms with van der Waals surface area (Å²) in [4.78, 5) is 30.6. The van der Waals surface area contributed by atoms with Crippen LogP contribution in [0.1, 0.15) is 40.7 Å². The van der Waals surface area contributed by atoms with Crippen LogP contribution >= 0.6 is 0 Å². The molecule has 0 aliphatic heterocycles. The van der Waals surface area contributed by atoms with Crippen LogP contribution < -0.4 is 5.32 Å². The molecule has 0 spiro atoms. The van der Waals surface area contributed by atoms with Crippen molar-refractivity contribution in [1.29, 1.82) is 0 Å². The van der Waals surface area contributed by atoms with Crippen LogP contribution in [0.5, 0.6) is 0 Å². The summed E-state index contributed by atoms with van der Waals surface area (Å²) >= 11 is 0. The van der Waals surface area contributed by atoms with Crippen molar-refractivity contribution in [3.8, 4) is 0 Å². The molecule has 5 heteroatoms. The second kappa shape index (κ2) is 3.76. The minimum atomic E-state index is -0.309. The Morgan fingerprint density at radius 1 is 1.27 bits per heavy atom. The Hall–Kier alpha value is -1.78. The molecular formula is C10H11N3O2. The van der Waals surface area contributed by atoms with Gasteiger partial charge in [0, 0.05) is 25.4 Å². The number of aromatic nitrogens is 2. The zero-order chi connectivity index (χ0) is 10.8. The van der Waals surface area contributed by atoms with Gasteiger partial charge >= 0.3 is 0 Å². The molecule has 0 aromatic carbocycles. The molecule has 5 nitrogen and oxygen atoms in total. The first kappa shape index (κ1) is 9.76. The highest BCUT2D eigenvalue weighted by atomic mass is 16.2. The maximum absolute atomic E-state index is 11.7. The minimum Gasteiger partial charge on any atom is -0.348 e. The van der Waals surface area contributed by atoms with Crippen LogP contribution in [-0.4, -0.2) is 27.7 Å². The van der Waals surface area contributed by atoms with Crippen molar-refractivity contribution < 1.29 is 9.59 Å². The molecule has 1 N–H and O–H groups in total. The lowest BCUT2D eigenvalue weighted by atomic mass is 10.2. The van der Waals surface area contributed by atoms with Crippen LogP contribution in [0.25, 0.3) is 0 Å². The largest absolute Gasteiger partial charge is 0.348 e. The number of rotatable bonds is 3. The summed E-state index contributed by atoms with van der Waals surface area (Å²) in [6.45, 7) is 1.37. The van der Waals surface area contributed by atoms with Gasteiger partial charge in [-0.2, -0.15) is 0 Å². The third kappa shape index (κ3) is 2.18. The van der Waals surface area contributed by atoms with Crippen molar-refractivity contribution in [1.82, 2.24) is 15.3 Å². The van der Waals surface area contributed by atoms with Gasteiger partial charge in [-0.15, -0.1) is 0 Å². The number of nitrogens with zero attached hydrogens (tertiary/aromatic N) is 2. The van der Waals surface area contributed by atoms with Gasteiger partial charge in [-0.05, 0) is 12.8 Å². The lowest BCUT2D eigenvalue weighted by Crippen LogP contribution is -2.28. The standard InChI is InChI=1S/C10H11N3O2/c1-6(14)8-9(12-5-4-11-8)10(15)13-7-2-3-7/h4-5,7H,2-3H2,1H3,(H,13,15). The molecule has 1 aliphatic rings. The van der Waals surface area contributed by atoms with Gasteiger partial charge in [0.1, 0.15) is 5.69 Å². The summed E-state index contributed by atoms with van der Waals surface area (Å²) in [5.74, 6) is -0.556. The molecule has 0 saturated heterocycles. The highest BCUT2D eigenvalue weighted by molar-refractivity contribution is 6.04. The van der Waals surface area contributed by atoms with Crippen molar-refractivity contribution in [2.45, 2.75) is 25.8 Å². The average Bonchev–Trinajstić information content (AvgIpc) is 3.01. The van der Waals surface area contributed by atoms with E-state index in [0.29, 0.717) is 0 Å². The minimum absolute atomic E-state index is 0.122. The van der Waals surface area contributed by atoms with Crippen LogP contribution in [0, 0.1) is 0 Å². The van der Waals surface area contributed by atoms with E-state index in [-0.39, 0.29) is 29.1 Å². The molecule has 1 aromatic rings. The van der Waals surface area contributed by atoms with E-state index in [1.807, 2.05) is 0 Å². The van der Waals surface area contributed by atoms with Crippen molar-refractivity contribution in [2.75, 3.05) is 0 Å². The fourth-order valence-electron chi connectivity index (χ4n) is 1.24. The van der Waals surface area contributed by atoms with Crippen LogP contribution in [0.4, 0.5) is 0 Å². The summed E-state index contributed by atoms with van der Waals surface area (Å²) < 4.78 is 0. The Bertz CT molecular complexity index is 413. The Kier molecular flexibility index (Phi) is 2.45. The van der Waals surface area contributed by atoms with Gasteiger partial charge in [0.05, 0.1) is 0 Å². The highest BCUT2D eigenvalue weighted by Crippen LogP contribution is 2.19. The van der Waals surface area contributed by atoms with Gasteiger partial charge in [-0.3, -0.25) is 9.59 Å². The van der Waals surface area contributed by atoms with Gasteiger partial charge in [0.15, 0.2) is 11.5 Å². The first-order valence-corrected chi connectivity index (χ1v) is 4.81. The van der Waals surface area contributed by atoms with Crippen LogP contribution in [0.2, 0.25) is 0 Å². The van der Waals surface area contributed by atoms with E-state index in [2.05, 4.69) is 15.3 Å². The number of hydrogen-bond donors (Lipinski definition) is 1. The normalized spacial score (nSPS) is 14.7. The zero-order valence-corrected chi connectivity index (χ0v) is 8.36. The first-order valence-electron chi connectivity index (χ1n) is 4.81. The maximum atomic E-state index is 11.7. The highest BCUT2D eigenvalue weighted by Gasteiger charge is 2.26. The van der Waals surface area contributed by atoms with E-state index in [4.69, 9.17) is 0 Å². The summed E-state index contributed by atoms with van der Waals surface area (Å²) in [5.41, 5.74) is 0.257. The SMILES string of the molecule is CC(=O)c1nccnc1C(=O)NC1CC1. The molecule has 1 aromatic heterocycles. The number of carbonyl (C=O) groups is 2. The molecule has 78 valence electrons. The summed E-state index contributed by atoms with van der Waals surface area (Å²) in [6.07, 6.45) is 4.82. The van der Waals surface area contributed by atoms with E-state index in [0.717, 1.165) is 12.8 Å². The topological polar surface area (TPSA) is 72.0 Å². The molecule has 1 fully saturated rings. The maximum Gasteiger partial charge on any atom is 0.272 e. The molecule has 0 radical (unpaired) electrons. The van der Waals surface area contributed by atoms with Crippen LogP contribution in [-0.2, 0) is 0 Å². The molecule has 15 heavy (non-hydrogen) atoms. The summed E-state index contributed by atoms with van der Waals surface area (Å²) in [6, 6.07) is 0.249. The van der Waals surface area contributed by atoms with E-state index >= 15 is 0 Å². The molecule has 2 rings (SSSR count). The van der Waals surface area contributed by atoms with E-state index < -0.39 is 0 Å². The molecule has 1 amide bonds. The molecular weight excluding hydrogens is 194 g/mol. The van der Waals surface area contributed by atoms with Gasteiger partial charge < -0.3 is 5.32 Å². The number of carbonyl (C=O) groups excluding carboxylic acids is 2. The predicted molar refractivity (Wildman–Crippen MR) is 52.5 cm³/mol. The van der Waals surface area contributed by atoms with E-state index in [9.17, 15) is 9.59 Å². The van der Waals surface area contributed by atoms with E-state index in [1.54, 1.807) is 0 Å². The number of nitrogens with one attached hydrogen (secondary N) is 1. The Morgan fingerprint density at radius 3 is 2.40 bits per heavy atom. The molecule has 0 bridgehead atoms. The van der Waals surface area contributed by atoms with Gasteiger partial charge in [-0.25, -0.2) is 9.97 Å². The Balaban J connectivity index is 2.24. The Labute approximate surface area is 86.9 Å². The lowest BCUT2D eigenvalue weighted by molar-refractivity contribution is 0.0929. The third-order valence-electron chi connectivity index (χ3n) is 2.16. The fraction of sp³-hybridized carbons (Fsp3) is 0.400. The second-order valence-corrected chi connectivity index (χ2v) is 3.56. The summed E-state index contributed by atoms with van der Waals surface area (Å²) in [5, 5.41) is 2.77. The monoisotopic (exact) mass is 205 g/mol. The predicted octanol–water partition coefficient (Wildman–Crippen LogP) is 0.571.